The molecule has 2 aromatic rings. The summed E-state index contributed by atoms with van der Waals surface area (Å²) in [5.41, 5.74) is 0.302. The zero-order chi connectivity index (χ0) is 11.7. The van der Waals surface area contributed by atoms with Gasteiger partial charge in [0, 0.05) is 6.20 Å². The third kappa shape index (κ3) is 1.76. The second-order valence-corrected chi connectivity index (χ2v) is 3.42. The van der Waals surface area contributed by atoms with Crippen molar-refractivity contribution in [3.05, 3.63) is 40.1 Å². The Hall–Kier alpha value is -1.91. The SMILES string of the molecule is CCOc1cc(=O)n2cc(C)cc(F)c2n1. The molecule has 2 rings (SSSR count). The molecule has 0 radical (unpaired) electrons. The molecule has 0 unspecified atom stereocenters. The predicted molar refractivity (Wildman–Crippen MR) is 57.3 cm³/mol. The molecule has 0 amide bonds. The van der Waals surface area contributed by atoms with Gasteiger partial charge in [-0.2, -0.15) is 4.98 Å². The maximum absolute atomic E-state index is 13.6. The van der Waals surface area contributed by atoms with Crippen LogP contribution in [0.2, 0.25) is 0 Å². The number of aryl methyl sites for hydroxylation is 1. The van der Waals surface area contributed by atoms with Gasteiger partial charge in [-0.3, -0.25) is 9.20 Å². The Labute approximate surface area is 91.3 Å². The van der Waals surface area contributed by atoms with Crippen molar-refractivity contribution in [1.29, 1.82) is 0 Å². The number of nitrogens with zero attached hydrogens (tertiary/aromatic N) is 2. The third-order valence-electron chi connectivity index (χ3n) is 2.12. The van der Waals surface area contributed by atoms with E-state index in [0.717, 1.165) is 0 Å². The van der Waals surface area contributed by atoms with Gasteiger partial charge in [0.2, 0.25) is 5.88 Å². The second-order valence-electron chi connectivity index (χ2n) is 3.42. The zero-order valence-corrected chi connectivity index (χ0v) is 9.03. The third-order valence-corrected chi connectivity index (χ3v) is 2.12. The minimum atomic E-state index is -0.529. The molecule has 5 heteroatoms. The summed E-state index contributed by atoms with van der Waals surface area (Å²) in [6.07, 6.45) is 1.55. The van der Waals surface area contributed by atoms with Crippen LogP contribution >= 0.6 is 0 Å². The molecule has 0 aromatic carbocycles. The largest absolute Gasteiger partial charge is 0.478 e. The summed E-state index contributed by atoms with van der Waals surface area (Å²) in [5, 5.41) is 0. The summed E-state index contributed by atoms with van der Waals surface area (Å²) in [5.74, 6) is -0.381. The van der Waals surface area contributed by atoms with Gasteiger partial charge in [0.05, 0.1) is 12.7 Å². The minimum Gasteiger partial charge on any atom is -0.478 e. The highest BCUT2D eigenvalue weighted by Crippen LogP contribution is 2.11. The van der Waals surface area contributed by atoms with E-state index in [1.165, 1.54) is 16.5 Å². The fourth-order valence-electron chi connectivity index (χ4n) is 1.49. The van der Waals surface area contributed by atoms with Crippen LogP contribution in [0.5, 0.6) is 5.88 Å². The summed E-state index contributed by atoms with van der Waals surface area (Å²) in [6, 6.07) is 2.58. The highest BCUT2D eigenvalue weighted by atomic mass is 19.1. The summed E-state index contributed by atoms with van der Waals surface area (Å²) in [7, 11) is 0. The molecule has 0 atom stereocenters. The monoisotopic (exact) mass is 222 g/mol. The van der Waals surface area contributed by atoms with Crippen molar-refractivity contribution in [3.63, 3.8) is 0 Å². The fourth-order valence-corrected chi connectivity index (χ4v) is 1.49. The van der Waals surface area contributed by atoms with Gasteiger partial charge >= 0.3 is 0 Å². The first-order chi connectivity index (χ1) is 7.61. The lowest BCUT2D eigenvalue weighted by Crippen LogP contribution is -2.16. The van der Waals surface area contributed by atoms with Crippen LogP contribution in [0.25, 0.3) is 5.65 Å². The lowest BCUT2D eigenvalue weighted by Gasteiger charge is -2.06. The highest BCUT2D eigenvalue weighted by molar-refractivity contribution is 5.43. The lowest BCUT2D eigenvalue weighted by atomic mass is 10.3. The van der Waals surface area contributed by atoms with Crippen molar-refractivity contribution < 1.29 is 9.13 Å². The number of fused-ring (bicyclic) bond motifs is 1. The molecule has 0 aliphatic rings. The van der Waals surface area contributed by atoms with E-state index >= 15 is 0 Å². The molecule has 16 heavy (non-hydrogen) atoms. The second kappa shape index (κ2) is 3.92. The van der Waals surface area contributed by atoms with Crippen LogP contribution in [0.15, 0.2) is 23.1 Å². The topological polar surface area (TPSA) is 43.6 Å². The number of halogens is 1. The molecule has 0 spiro atoms. The molecule has 0 N–H and O–H groups in total. The van der Waals surface area contributed by atoms with Gasteiger partial charge in [0.1, 0.15) is 0 Å². The number of ether oxygens (including phenoxy) is 1. The molecule has 0 fully saturated rings. The first-order valence-corrected chi connectivity index (χ1v) is 4.94. The molecule has 0 aliphatic heterocycles. The summed E-state index contributed by atoms with van der Waals surface area (Å²) >= 11 is 0. The van der Waals surface area contributed by atoms with Crippen LogP contribution in [-0.2, 0) is 0 Å². The number of aromatic nitrogens is 2. The first kappa shape index (κ1) is 10.6. The average molecular weight is 222 g/mol. The van der Waals surface area contributed by atoms with Crippen LogP contribution in [0, 0.1) is 12.7 Å². The molecule has 0 aliphatic carbocycles. The Morgan fingerprint density at radius 1 is 1.50 bits per heavy atom. The summed E-state index contributed by atoms with van der Waals surface area (Å²) < 4.78 is 19.8. The van der Waals surface area contributed by atoms with E-state index in [2.05, 4.69) is 4.98 Å². The van der Waals surface area contributed by atoms with E-state index in [-0.39, 0.29) is 17.1 Å². The van der Waals surface area contributed by atoms with Crippen LogP contribution in [0.1, 0.15) is 12.5 Å². The number of hydrogen-bond acceptors (Lipinski definition) is 3. The van der Waals surface area contributed by atoms with Crippen LogP contribution in [0.3, 0.4) is 0 Å². The minimum absolute atomic E-state index is 0.0125. The fraction of sp³-hybridized carbons (Fsp3) is 0.273. The molecule has 0 saturated carbocycles. The average Bonchev–Trinajstić information content (AvgIpc) is 2.20. The van der Waals surface area contributed by atoms with Gasteiger partial charge in [-0.1, -0.05) is 0 Å². The lowest BCUT2D eigenvalue weighted by molar-refractivity contribution is 0.326. The van der Waals surface area contributed by atoms with Gasteiger partial charge in [0.25, 0.3) is 5.56 Å². The first-order valence-electron chi connectivity index (χ1n) is 4.94. The number of rotatable bonds is 2. The van der Waals surface area contributed by atoms with Gasteiger partial charge < -0.3 is 4.74 Å². The standard InChI is InChI=1S/C11H11FN2O2/c1-3-16-9-5-10(15)14-6-7(2)4-8(12)11(14)13-9/h4-6H,3H2,1-2H3. The van der Waals surface area contributed by atoms with Crippen molar-refractivity contribution in [2.45, 2.75) is 13.8 Å². The van der Waals surface area contributed by atoms with Gasteiger partial charge in [-0.15, -0.1) is 0 Å². The van der Waals surface area contributed by atoms with Crippen molar-refractivity contribution in [1.82, 2.24) is 9.38 Å². The molecule has 2 aromatic heterocycles. The summed E-state index contributed by atoms with van der Waals surface area (Å²) in [6.45, 7) is 3.87. The Kier molecular flexibility index (Phi) is 2.60. The van der Waals surface area contributed by atoms with E-state index in [1.54, 1.807) is 20.0 Å². The Balaban J connectivity index is 2.77. The summed E-state index contributed by atoms with van der Waals surface area (Å²) in [4.78, 5) is 15.6. The molecule has 2 heterocycles. The van der Waals surface area contributed by atoms with E-state index < -0.39 is 5.82 Å². The zero-order valence-electron chi connectivity index (χ0n) is 9.03. The molecular formula is C11H11FN2O2. The number of hydrogen-bond donors (Lipinski definition) is 0. The molecule has 84 valence electrons. The molecule has 4 nitrogen and oxygen atoms in total. The van der Waals surface area contributed by atoms with E-state index in [0.29, 0.717) is 12.2 Å². The van der Waals surface area contributed by atoms with Crippen LogP contribution in [-0.4, -0.2) is 16.0 Å². The van der Waals surface area contributed by atoms with Gasteiger partial charge in [0.15, 0.2) is 11.5 Å². The van der Waals surface area contributed by atoms with Crippen LogP contribution in [0.4, 0.5) is 4.39 Å². The van der Waals surface area contributed by atoms with E-state index in [4.69, 9.17) is 4.74 Å². The van der Waals surface area contributed by atoms with Crippen molar-refractivity contribution in [3.8, 4) is 5.88 Å². The normalized spacial score (nSPS) is 10.7. The van der Waals surface area contributed by atoms with Crippen molar-refractivity contribution in [2.24, 2.45) is 0 Å². The Morgan fingerprint density at radius 3 is 2.94 bits per heavy atom. The molecular weight excluding hydrogens is 211 g/mol. The van der Waals surface area contributed by atoms with E-state index in [9.17, 15) is 9.18 Å². The van der Waals surface area contributed by atoms with Crippen molar-refractivity contribution >= 4 is 5.65 Å². The van der Waals surface area contributed by atoms with E-state index in [1.807, 2.05) is 0 Å². The Bertz CT molecular complexity index is 592. The number of pyridine rings is 1. The molecule has 0 saturated heterocycles. The van der Waals surface area contributed by atoms with Crippen molar-refractivity contribution in [2.75, 3.05) is 6.61 Å². The highest BCUT2D eigenvalue weighted by Gasteiger charge is 2.08. The maximum atomic E-state index is 13.6. The smallest absolute Gasteiger partial charge is 0.261 e. The quantitative estimate of drug-likeness (QED) is 0.774. The predicted octanol–water partition coefficient (Wildman–Crippen LogP) is 1.54. The van der Waals surface area contributed by atoms with Gasteiger partial charge in [-0.25, -0.2) is 4.39 Å². The maximum Gasteiger partial charge on any atom is 0.261 e. The van der Waals surface area contributed by atoms with Gasteiger partial charge in [-0.05, 0) is 25.5 Å². The Morgan fingerprint density at radius 2 is 2.25 bits per heavy atom. The van der Waals surface area contributed by atoms with Crippen LogP contribution < -0.4 is 10.3 Å². The molecule has 0 bridgehead atoms.